The lowest BCUT2D eigenvalue weighted by atomic mass is 10.2. The minimum atomic E-state index is 0.0794. The van der Waals surface area contributed by atoms with Crippen LogP contribution in [-0.2, 0) is 11.3 Å². The number of nitrogens with one attached hydrogen (secondary N) is 2. The number of hydrogen-bond acceptors (Lipinski definition) is 3. The van der Waals surface area contributed by atoms with Gasteiger partial charge in [-0.2, -0.15) is 0 Å². The molecule has 5 nitrogen and oxygen atoms in total. The van der Waals surface area contributed by atoms with Crippen molar-refractivity contribution in [2.75, 3.05) is 19.6 Å². The van der Waals surface area contributed by atoms with Crippen LogP contribution in [0, 0.1) is 0 Å². The number of quaternary nitrogens is 1. The summed E-state index contributed by atoms with van der Waals surface area (Å²) in [6.45, 7) is 2.70. The summed E-state index contributed by atoms with van der Waals surface area (Å²) in [5.41, 5.74) is 0.944. The van der Waals surface area contributed by atoms with E-state index in [9.17, 15) is 4.79 Å². The van der Waals surface area contributed by atoms with Crippen molar-refractivity contribution >= 4 is 17.5 Å². The van der Waals surface area contributed by atoms with Crippen LogP contribution in [0.5, 0.6) is 0 Å². The molecule has 2 heterocycles. The second-order valence-corrected chi connectivity index (χ2v) is 5.27. The number of carbonyl (C=O) groups is 1. The van der Waals surface area contributed by atoms with E-state index < -0.39 is 0 Å². The smallest absolute Gasteiger partial charge is 0.275 e. The van der Waals surface area contributed by atoms with Gasteiger partial charge < -0.3 is 14.6 Å². The third kappa shape index (κ3) is 3.00. The normalized spacial score (nSPS) is 18.9. The summed E-state index contributed by atoms with van der Waals surface area (Å²) in [6.07, 6.45) is 1.71. The summed E-state index contributed by atoms with van der Waals surface area (Å²) in [4.78, 5) is 16.8. The molecule has 20 heavy (non-hydrogen) atoms. The molecule has 1 aliphatic heterocycles. The number of hydrogen-bond donors (Lipinski definition) is 2. The Balaban J connectivity index is 1.70. The van der Waals surface area contributed by atoms with Gasteiger partial charge in [0.25, 0.3) is 11.8 Å². The second kappa shape index (κ2) is 5.64. The zero-order valence-corrected chi connectivity index (χ0v) is 11.6. The average Bonchev–Trinajstić information content (AvgIpc) is 2.88. The van der Waals surface area contributed by atoms with E-state index in [0.29, 0.717) is 30.5 Å². The molecule has 1 unspecified atom stereocenters. The third-order valence-corrected chi connectivity index (χ3v) is 3.55. The van der Waals surface area contributed by atoms with Gasteiger partial charge in [-0.25, -0.2) is 4.98 Å². The van der Waals surface area contributed by atoms with Crippen molar-refractivity contribution in [3.63, 3.8) is 0 Å². The van der Waals surface area contributed by atoms with E-state index in [1.807, 2.05) is 24.3 Å². The number of halogens is 1. The van der Waals surface area contributed by atoms with Crippen molar-refractivity contribution in [1.29, 1.82) is 0 Å². The van der Waals surface area contributed by atoms with E-state index in [-0.39, 0.29) is 5.91 Å². The molecule has 2 N–H and O–H groups in total. The van der Waals surface area contributed by atoms with Gasteiger partial charge >= 0.3 is 0 Å². The number of nitrogens with zero attached hydrogens (tertiary/aromatic N) is 1. The first-order valence-electron chi connectivity index (χ1n) is 6.51. The fourth-order valence-corrected chi connectivity index (χ4v) is 2.39. The van der Waals surface area contributed by atoms with Crippen LogP contribution in [0.25, 0.3) is 11.3 Å². The topological polar surface area (TPSA) is 59.6 Å². The highest BCUT2D eigenvalue weighted by Crippen LogP contribution is 2.21. The second-order valence-electron chi connectivity index (χ2n) is 4.83. The summed E-state index contributed by atoms with van der Waals surface area (Å²) < 4.78 is 5.74. The van der Waals surface area contributed by atoms with Crippen LogP contribution in [0.1, 0.15) is 5.89 Å². The van der Waals surface area contributed by atoms with Crippen LogP contribution in [0.3, 0.4) is 0 Å². The number of oxazole rings is 1. The highest BCUT2D eigenvalue weighted by Gasteiger charge is 2.21. The first-order chi connectivity index (χ1) is 9.70. The van der Waals surface area contributed by atoms with Gasteiger partial charge in [-0.3, -0.25) is 4.79 Å². The van der Waals surface area contributed by atoms with Crippen molar-refractivity contribution in [2.24, 2.45) is 0 Å². The molecule has 0 radical (unpaired) electrons. The molecule has 0 spiro atoms. The fourth-order valence-electron chi connectivity index (χ4n) is 2.26. The van der Waals surface area contributed by atoms with Crippen LogP contribution in [0.2, 0.25) is 5.02 Å². The first-order valence-corrected chi connectivity index (χ1v) is 6.89. The molecular formula is C14H15ClN3O2+. The zero-order valence-electron chi connectivity index (χ0n) is 10.9. The zero-order chi connectivity index (χ0) is 13.9. The van der Waals surface area contributed by atoms with Crippen LogP contribution in [0.4, 0.5) is 0 Å². The van der Waals surface area contributed by atoms with Gasteiger partial charge in [0.15, 0.2) is 18.8 Å². The van der Waals surface area contributed by atoms with Gasteiger partial charge in [0.05, 0.1) is 19.3 Å². The Morgan fingerprint density at radius 2 is 2.15 bits per heavy atom. The van der Waals surface area contributed by atoms with E-state index >= 15 is 0 Å². The highest BCUT2D eigenvalue weighted by atomic mass is 35.5. The van der Waals surface area contributed by atoms with Crippen molar-refractivity contribution in [2.45, 2.75) is 6.54 Å². The van der Waals surface area contributed by atoms with Crippen molar-refractivity contribution < 1.29 is 14.1 Å². The number of aromatic nitrogens is 1. The predicted octanol–water partition coefficient (Wildman–Crippen LogP) is 0.510. The molecule has 1 aliphatic rings. The standard InChI is InChI=1S/C14H14ClN3O2/c15-11-3-1-10(2-4-11)12-7-17-14(20-12)9-18-6-5-16-13(19)8-18/h1-4,7H,5-6,8-9H2,(H,16,19)/p+1. The summed E-state index contributed by atoms with van der Waals surface area (Å²) in [7, 11) is 0. The summed E-state index contributed by atoms with van der Waals surface area (Å²) >= 11 is 5.86. The van der Waals surface area contributed by atoms with Gasteiger partial charge in [0, 0.05) is 10.6 Å². The van der Waals surface area contributed by atoms with E-state index in [2.05, 4.69) is 10.3 Å². The monoisotopic (exact) mass is 292 g/mol. The largest absolute Gasteiger partial charge is 0.435 e. The maximum atomic E-state index is 11.3. The molecule has 0 aliphatic carbocycles. The van der Waals surface area contributed by atoms with E-state index in [4.69, 9.17) is 16.0 Å². The first kappa shape index (κ1) is 13.1. The Morgan fingerprint density at radius 3 is 2.90 bits per heavy atom. The number of carbonyl (C=O) groups excluding carboxylic acids is 1. The van der Waals surface area contributed by atoms with Gasteiger partial charge in [0.1, 0.15) is 0 Å². The number of piperazine rings is 1. The van der Waals surface area contributed by atoms with Crippen molar-refractivity contribution in [1.82, 2.24) is 10.3 Å². The molecule has 3 rings (SSSR count). The molecule has 0 bridgehead atoms. The molecule has 1 atom stereocenters. The lowest BCUT2D eigenvalue weighted by molar-refractivity contribution is -0.908. The third-order valence-electron chi connectivity index (χ3n) is 3.29. The minimum Gasteiger partial charge on any atom is -0.435 e. The Kier molecular flexibility index (Phi) is 3.71. The molecule has 104 valence electrons. The summed E-state index contributed by atoms with van der Waals surface area (Å²) in [5.74, 6) is 1.45. The van der Waals surface area contributed by atoms with Gasteiger partial charge in [-0.1, -0.05) is 11.6 Å². The molecule has 1 saturated heterocycles. The van der Waals surface area contributed by atoms with Crippen LogP contribution >= 0.6 is 11.6 Å². The predicted molar refractivity (Wildman–Crippen MR) is 74.4 cm³/mol. The Bertz CT molecular complexity index is 609. The fraction of sp³-hybridized carbons (Fsp3) is 0.286. The maximum Gasteiger partial charge on any atom is 0.275 e. The van der Waals surface area contributed by atoms with Crippen LogP contribution in [-0.4, -0.2) is 30.5 Å². The van der Waals surface area contributed by atoms with Crippen molar-refractivity contribution in [3.8, 4) is 11.3 Å². The number of rotatable bonds is 3. The quantitative estimate of drug-likeness (QED) is 0.867. The van der Waals surface area contributed by atoms with E-state index in [0.717, 1.165) is 17.9 Å². The Hall–Kier alpha value is -1.85. The van der Waals surface area contributed by atoms with Gasteiger partial charge in [-0.05, 0) is 24.3 Å². The molecular weight excluding hydrogens is 278 g/mol. The number of benzene rings is 1. The molecule has 1 aromatic heterocycles. The molecule has 0 saturated carbocycles. The average molecular weight is 293 g/mol. The highest BCUT2D eigenvalue weighted by molar-refractivity contribution is 6.30. The van der Waals surface area contributed by atoms with E-state index in [1.54, 1.807) is 6.20 Å². The van der Waals surface area contributed by atoms with Crippen LogP contribution < -0.4 is 10.2 Å². The molecule has 2 aromatic rings. The number of amides is 1. The molecule has 1 fully saturated rings. The summed E-state index contributed by atoms with van der Waals surface area (Å²) in [6, 6.07) is 7.43. The molecule has 1 amide bonds. The molecule has 6 heteroatoms. The SMILES string of the molecule is O=C1C[NH+](Cc2ncc(-c3ccc(Cl)cc3)o2)CCN1. The maximum absolute atomic E-state index is 11.3. The van der Waals surface area contributed by atoms with Gasteiger partial charge in [-0.15, -0.1) is 0 Å². The Morgan fingerprint density at radius 1 is 1.35 bits per heavy atom. The summed E-state index contributed by atoms with van der Waals surface area (Å²) in [5, 5.41) is 3.50. The molecule has 1 aromatic carbocycles. The Labute approximate surface area is 121 Å². The lowest BCUT2D eigenvalue weighted by Crippen LogP contribution is -3.14. The van der Waals surface area contributed by atoms with Crippen LogP contribution in [0.15, 0.2) is 34.9 Å². The van der Waals surface area contributed by atoms with Gasteiger partial charge in [0.2, 0.25) is 0 Å². The van der Waals surface area contributed by atoms with E-state index in [1.165, 1.54) is 4.90 Å². The minimum absolute atomic E-state index is 0.0794. The lowest BCUT2D eigenvalue weighted by Gasteiger charge is -2.22. The van der Waals surface area contributed by atoms with Crippen molar-refractivity contribution in [3.05, 3.63) is 41.4 Å².